The molecule has 1 aromatic rings. The van der Waals surface area contributed by atoms with Crippen LogP contribution in [0.3, 0.4) is 0 Å². The predicted molar refractivity (Wildman–Crippen MR) is 133 cm³/mol. The average Bonchev–Trinajstić information content (AvgIpc) is 2.80. The SMILES string of the molecule is CCCCC[C@H]1CC[C@H](CC(O)C#Cc2ccc([C@H]3CC[C@H](CCC)CC3)cc2)CC1. The van der Waals surface area contributed by atoms with Gasteiger partial charge < -0.3 is 5.11 Å². The van der Waals surface area contributed by atoms with Crippen LogP contribution in [0.5, 0.6) is 0 Å². The van der Waals surface area contributed by atoms with Crippen LogP contribution in [0.2, 0.25) is 0 Å². The molecule has 1 N–H and O–H groups in total. The zero-order valence-corrected chi connectivity index (χ0v) is 20.2. The fourth-order valence-corrected chi connectivity index (χ4v) is 6.01. The van der Waals surface area contributed by atoms with Gasteiger partial charge in [-0.1, -0.05) is 102 Å². The van der Waals surface area contributed by atoms with Gasteiger partial charge in [0.2, 0.25) is 0 Å². The molecule has 31 heavy (non-hydrogen) atoms. The van der Waals surface area contributed by atoms with Crippen LogP contribution in [0.25, 0.3) is 0 Å². The Morgan fingerprint density at radius 2 is 1.39 bits per heavy atom. The molecule has 0 amide bonds. The van der Waals surface area contributed by atoms with E-state index < -0.39 is 6.10 Å². The van der Waals surface area contributed by atoms with Gasteiger partial charge >= 0.3 is 0 Å². The second-order valence-corrected chi connectivity index (χ2v) is 10.5. The van der Waals surface area contributed by atoms with Gasteiger partial charge in [0.1, 0.15) is 6.10 Å². The van der Waals surface area contributed by atoms with Gasteiger partial charge in [-0.3, -0.25) is 0 Å². The minimum Gasteiger partial charge on any atom is -0.380 e. The first-order valence-electron chi connectivity index (χ1n) is 13.5. The molecule has 2 aliphatic rings. The summed E-state index contributed by atoms with van der Waals surface area (Å²) >= 11 is 0. The van der Waals surface area contributed by atoms with E-state index in [2.05, 4.69) is 50.0 Å². The molecule has 2 fully saturated rings. The van der Waals surface area contributed by atoms with Crippen molar-refractivity contribution in [3.05, 3.63) is 35.4 Å². The smallest absolute Gasteiger partial charge is 0.115 e. The fraction of sp³-hybridized carbons (Fsp3) is 0.733. The van der Waals surface area contributed by atoms with Crippen LogP contribution < -0.4 is 0 Å². The summed E-state index contributed by atoms with van der Waals surface area (Å²) in [5.41, 5.74) is 2.53. The molecular weight excluding hydrogens is 376 g/mol. The van der Waals surface area contributed by atoms with Crippen molar-refractivity contribution >= 4 is 0 Å². The third kappa shape index (κ3) is 8.31. The lowest BCUT2D eigenvalue weighted by Crippen LogP contribution is -2.19. The van der Waals surface area contributed by atoms with E-state index in [0.29, 0.717) is 5.92 Å². The molecule has 3 rings (SSSR count). The summed E-state index contributed by atoms with van der Waals surface area (Å²) in [4.78, 5) is 0. The molecule has 1 aromatic carbocycles. The van der Waals surface area contributed by atoms with Gasteiger partial charge in [-0.2, -0.15) is 0 Å². The van der Waals surface area contributed by atoms with Gasteiger partial charge in [0.15, 0.2) is 0 Å². The first-order chi connectivity index (χ1) is 15.2. The van der Waals surface area contributed by atoms with Crippen LogP contribution in [-0.4, -0.2) is 11.2 Å². The van der Waals surface area contributed by atoms with E-state index in [9.17, 15) is 5.11 Å². The Morgan fingerprint density at radius 1 is 0.774 bits per heavy atom. The molecule has 1 unspecified atom stereocenters. The van der Waals surface area contributed by atoms with Gasteiger partial charge in [0, 0.05) is 5.56 Å². The van der Waals surface area contributed by atoms with E-state index in [4.69, 9.17) is 0 Å². The van der Waals surface area contributed by atoms with Gasteiger partial charge in [-0.05, 0) is 73.5 Å². The van der Waals surface area contributed by atoms with Crippen LogP contribution >= 0.6 is 0 Å². The van der Waals surface area contributed by atoms with Crippen molar-refractivity contribution in [3.8, 4) is 11.8 Å². The third-order valence-electron chi connectivity index (χ3n) is 8.05. The number of hydrogen-bond donors (Lipinski definition) is 1. The lowest BCUT2D eigenvalue weighted by molar-refractivity contribution is 0.161. The van der Waals surface area contributed by atoms with Crippen molar-refractivity contribution in [2.45, 2.75) is 122 Å². The first kappa shape index (κ1) is 24.4. The Balaban J connectivity index is 1.39. The lowest BCUT2D eigenvalue weighted by Gasteiger charge is -2.29. The molecule has 172 valence electrons. The maximum atomic E-state index is 10.5. The number of aliphatic hydroxyl groups is 1. The average molecular weight is 423 g/mol. The van der Waals surface area contributed by atoms with Crippen molar-refractivity contribution in [1.82, 2.24) is 0 Å². The Labute approximate surface area is 192 Å². The third-order valence-corrected chi connectivity index (χ3v) is 8.05. The Bertz CT molecular complexity index is 663. The highest BCUT2D eigenvalue weighted by molar-refractivity contribution is 5.37. The molecule has 1 atom stereocenters. The summed E-state index contributed by atoms with van der Waals surface area (Å²) in [7, 11) is 0. The Kier molecular flexibility index (Phi) is 10.5. The van der Waals surface area contributed by atoms with E-state index in [1.807, 2.05) is 0 Å². The minimum absolute atomic E-state index is 0.477. The molecule has 0 saturated heterocycles. The molecule has 0 aliphatic heterocycles. The van der Waals surface area contributed by atoms with E-state index in [1.54, 1.807) is 0 Å². The standard InChI is InChI=1S/C30H46O/c1-3-5-6-8-25-9-11-27(12-10-25)23-30(31)22-17-26-15-20-29(21-16-26)28-18-13-24(7-4-2)14-19-28/h15-16,20-21,24-25,27-28,30-31H,3-14,18-19,23H2,1-2H3/t24-,25-,27-,28-,30?. The Hall–Kier alpha value is -1.26. The second-order valence-electron chi connectivity index (χ2n) is 10.5. The van der Waals surface area contributed by atoms with Crippen LogP contribution in [-0.2, 0) is 0 Å². The largest absolute Gasteiger partial charge is 0.380 e. The summed E-state index contributed by atoms with van der Waals surface area (Å²) in [5, 5.41) is 10.5. The summed E-state index contributed by atoms with van der Waals surface area (Å²) < 4.78 is 0. The highest BCUT2D eigenvalue weighted by atomic mass is 16.3. The van der Waals surface area contributed by atoms with Crippen LogP contribution in [0.15, 0.2) is 24.3 Å². The Morgan fingerprint density at radius 3 is 2.03 bits per heavy atom. The highest BCUT2D eigenvalue weighted by Gasteiger charge is 2.23. The molecule has 1 heteroatoms. The van der Waals surface area contributed by atoms with Crippen molar-refractivity contribution in [1.29, 1.82) is 0 Å². The van der Waals surface area contributed by atoms with Gasteiger partial charge in [-0.15, -0.1) is 0 Å². The summed E-state index contributed by atoms with van der Waals surface area (Å²) in [5.74, 6) is 9.65. The van der Waals surface area contributed by atoms with Crippen LogP contribution in [0.1, 0.15) is 127 Å². The zero-order chi connectivity index (χ0) is 21.9. The van der Waals surface area contributed by atoms with Crippen molar-refractivity contribution < 1.29 is 5.11 Å². The summed E-state index contributed by atoms with van der Waals surface area (Å²) in [6.07, 6.45) is 19.4. The minimum atomic E-state index is -0.477. The van der Waals surface area contributed by atoms with Crippen molar-refractivity contribution in [2.24, 2.45) is 17.8 Å². The lowest BCUT2D eigenvalue weighted by atomic mass is 9.77. The van der Waals surface area contributed by atoms with E-state index in [-0.39, 0.29) is 0 Å². The topological polar surface area (TPSA) is 20.2 Å². The summed E-state index contributed by atoms with van der Waals surface area (Å²) in [6, 6.07) is 8.88. The van der Waals surface area contributed by atoms with Gasteiger partial charge in [0.05, 0.1) is 0 Å². The molecule has 1 nitrogen and oxygen atoms in total. The summed E-state index contributed by atoms with van der Waals surface area (Å²) in [6.45, 7) is 4.59. The second kappa shape index (κ2) is 13.3. The maximum absolute atomic E-state index is 10.5. The number of benzene rings is 1. The highest BCUT2D eigenvalue weighted by Crippen LogP contribution is 2.37. The van der Waals surface area contributed by atoms with E-state index >= 15 is 0 Å². The molecule has 2 aliphatic carbocycles. The number of hydrogen-bond acceptors (Lipinski definition) is 1. The normalized spacial score (nSPS) is 27.3. The van der Waals surface area contributed by atoms with Crippen molar-refractivity contribution in [3.63, 3.8) is 0 Å². The fourth-order valence-electron chi connectivity index (χ4n) is 6.01. The molecule has 0 aromatic heterocycles. The zero-order valence-electron chi connectivity index (χ0n) is 20.2. The molecular formula is C30H46O. The monoisotopic (exact) mass is 422 g/mol. The maximum Gasteiger partial charge on any atom is 0.115 e. The van der Waals surface area contributed by atoms with Gasteiger partial charge in [0.25, 0.3) is 0 Å². The molecule has 0 bridgehead atoms. The van der Waals surface area contributed by atoms with Gasteiger partial charge in [-0.25, -0.2) is 0 Å². The van der Waals surface area contributed by atoms with E-state index in [0.717, 1.165) is 29.7 Å². The van der Waals surface area contributed by atoms with Crippen molar-refractivity contribution in [2.75, 3.05) is 0 Å². The molecule has 0 heterocycles. The number of unbranched alkanes of at least 4 members (excludes halogenated alkanes) is 2. The molecule has 0 radical (unpaired) electrons. The van der Waals surface area contributed by atoms with Crippen LogP contribution in [0, 0.1) is 29.6 Å². The molecule has 2 saturated carbocycles. The van der Waals surface area contributed by atoms with Crippen LogP contribution in [0.4, 0.5) is 0 Å². The number of rotatable bonds is 9. The predicted octanol–water partition coefficient (Wildman–Crippen LogP) is 8.25. The molecule has 0 spiro atoms. The number of aliphatic hydroxyl groups excluding tert-OH is 1. The van der Waals surface area contributed by atoms with E-state index in [1.165, 1.54) is 95.5 Å². The first-order valence-corrected chi connectivity index (χ1v) is 13.5. The quantitative estimate of drug-likeness (QED) is 0.314.